The van der Waals surface area contributed by atoms with Crippen molar-refractivity contribution in [3.8, 4) is 11.9 Å². The fraction of sp³-hybridized carbons (Fsp3) is 0.611. The van der Waals surface area contributed by atoms with Gasteiger partial charge in [0, 0.05) is 32.4 Å². The van der Waals surface area contributed by atoms with Crippen LogP contribution in [-0.4, -0.2) is 49.1 Å². The van der Waals surface area contributed by atoms with E-state index in [1.54, 1.807) is 6.20 Å². The van der Waals surface area contributed by atoms with Gasteiger partial charge in [0.25, 0.3) is 0 Å². The molecule has 3 rings (SSSR count). The molecule has 0 radical (unpaired) electrons. The van der Waals surface area contributed by atoms with Crippen LogP contribution in [0.1, 0.15) is 38.2 Å². The molecule has 128 valence electrons. The minimum Gasteiger partial charge on any atom is -0.480 e. The molecule has 3 heterocycles. The maximum absolute atomic E-state index is 13.0. The summed E-state index contributed by atoms with van der Waals surface area (Å²) in [5, 5.41) is 9.48. The second-order valence-corrected chi connectivity index (χ2v) is 6.67. The van der Waals surface area contributed by atoms with Crippen LogP contribution in [0.25, 0.3) is 0 Å². The van der Waals surface area contributed by atoms with Crippen LogP contribution in [0.15, 0.2) is 12.3 Å². The number of nitriles is 1. The van der Waals surface area contributed by atoms with E-state index in [9.17, 15) is 10.1 Å². The summed E-state index contributed by atoms with van der Waals surface area (Å²) in [5.74, 6) is 0.635. The molecule has 0 aromatic carbocycles. The van der Waals surface area contributed by atoms with E-state index in [0.29, 0.717) is 18.0 Å². The average Bonchev–Trinajstić information content (AvgIpc) is 3.03. The lowest BCUT2D eigenvalue weighted by Crippen LogP contribution is -2.50. The highest BCUT2D eigenvalue weighted by atomic mass is 16.5. The predicted molar refractivity (Wildman–Crippen MR) is 90.9 cm³/mol. The highest BCUT2D eigenvalue weighted by molar-refractivity contribution is 5.85. The van der Waals surface area contributed by atoms with Crippen LogP contribution in [0.2, 0.25) is 0 Å². The summed E-state index contributed by atoms with van der Waals surface area (Å²) in [7, 11) is 1.52. The normalized spacial score (nSPS) is 23.6. The summed E-state index contributed by atoms with van der Waals surface area (Å²) in [6.07, 6.45) is 5.50. The van der Waals surface area contributed by atoms with Crippen LogP contribution in [0, 0.1) is 16.7 Å². The highest BCUT2D eigenvalue weighted by Crippen LogP contribution is 2.42. The Kier molecular flexibility index (Phi) is 4.61. The zero-order valence-corrected chi connectivity index (χ0v) is 14.4. The van der Waals surface area contributed by atoms with Crippen molar-refractivity contribution in [1.29, 1.82) is 5.26 Å². The summed E-state index contributed by atoms with van der Waals surface area (Å²) >= 11 is 0. The van der Waals surface area contributed by atoms with Gasteiger partial charge >= 0.3 is 0 Å². The minimum absolute atomic E-state index is 0.289. The van der Waals surface area contributed by atoms with Gasteiger partial charge < -0.3 is 14.5 Å². The maximum Gasteiger partial charge on any atom is 0.233 e. The van der Waals surface area contributed by atoms with E-state index >= 15 is 0 Å². The first-order chi connectivity index (χ1) is 11.6. The van der Waals surface area contributed by atoms with Gasteiger partial charge in [0.2, 0.25) is 11.8 Å². The van der Waals surface area contributed by atoms with Crippen molar-refractivity contribution < 1.29 is 9.53 Å². The smallest absolute Gasteiger partial charge is 0.233 e. The third kappa shape index (κ3) is 2.68. The SMILES string of the molecule is CCCN1CCCC2(CCN(c3ccnc(OC)c3C#N)C2)C1=O. The number of likely N-dealkylation sites (tertiary alicyclic amines) is 1. The quantitative estimate of drug-likeness (QED) is 0.847. The largest absolute Gasteiger partial charge is 0.480 e. The van der Waals surface area contributed by atoms with Gasteiger partial charge in [0.1, 0.15) is 11.6 Å². The van der Waals surface area contributed by atoms with Gasteiger partial charge in [0.05, 0.1) is 18.2 Å². The van der Waals surface area contributed by atoms with E-state index in [4.69, 9.17) is 4.74 Å². The van der Waals surface area contributed by atoms with Gasteiger partial charge in [-0.1, -0.05) is 6.92 Å². The Bertz CT molecular complexity index is 667. The third-order valence-corrected chi connectivity index (χ3v) is 5.21. The molecule has 0 bridgehead atoms. The van der Waals surface area contributed by atoms with Gasteiger partial charge in [-0.15, -0.1) is 0 Å². The molecule has 6 nitrogen and oxygen atoms in total. The maximum atomic E-state index is 13.0. The van der Waals surface area contributed by atoms with E-state index < -0.39 is 0 Å². The van der Waals surface area contributed by atoms with Crippen molar-refractivity contribution in [3.05, 3.63) is 17.8 Å². The Morgan fingerprint density at radius 3 is 2.96 bits per heavy atom. The van der Waals surface area contributed by atoms with Crippen LogP contribution < -0.4 is 9.64 Å². The lowest BCUT2D eigenvalue weighted by atomic mass is 9.78. The second-order valence-electron chi connectivity index (χ2n) is 6.67. The van der Waals surface area contributed by atoms with E-state index in [-0.39, 0.29) is 11.3 Å². The summed E-state index contributed by atoms with van der Waals surface area (Å²) < 4.78 is 5.21. The number of pyridine rings is 1. The Morgan fingerprint density at radius 1 is 1.42 bits per heavy atom. The molecule has 0 aliphatic carbocycles. The molecule has 1 aromatic heterocycles. The van der Waals surface area contributed by atoms with Crippen LogP contribution in [0.5, 0.6) is 5.88 Å². The number of carbonyl (C=O) groups is 1. The number of methoxy groups -OCH3 is 1. The molecule has 1 spiro atoms. The Labute approximate surface area is 143 Å². The number of carbonyl (C=O) groups excluding carboxylic acids is 1. The number of rotatable bonds is 4. The molecule has 6 heteroatoms. The molecule has 0 saturated carbocycles. The van der Waals surface area contributed by atoms with Gasteiger partial charge in [0.15, 0.2) is 0 Å². The van der Waals surface area contributed by atoms with Crippen molar-refractivity contribution in [2.45, 2.75) is 32.6 Å². The molecule has 1 unspecified atom stereocenters. The highest BCUT2D eigenvalue weighted by Gasteiger charge is 2.48. The van der Waals surface area contributed by atoms with Crippen LogP contribution in [-0.2, 0) is 4.79 Å². The summed E-state index contributed by atoms with van der Waals surface area (Å²) in [6, 6.07) is 4.04. The number of ether oxygens (including phenoxy) is 1. The molecule has 2 aliphatic heterocycles. The third-order valence-electron chi connectivity index (χ3n) is 5.21. The molecule has 1 aromatic rings. The van der Waals surface area contributed by atoms with E-state index in [1.165, 1.54) is 7.11 Å². The zero-order valence-electron chi connectivity index (χ0n) is 14.4. The monoisotopic (exact) mass is 328 g/mol. The van der Waals surface area contributed by atoms with E-state index in [0.717, 1.165) is 51.0 Å². The molecule has 0 N–H and O–H groups in total. The van der Waals surface area contributed by atoms with Crippen LogP contribution in [0.3, 0.4) is 0 Å². The molecular weight excluding hydrogens is 304 g/mol. The van der Waals surface area contributed by atoms with Crippen molar-refractivity contribution in [3.63, 3.8) is 0 Å². The number of amides is 1. The van der Waals surface area contributed by atoms with Crippen LogP contribution in [0.4, 0.5) is 5.69 Å². The zero-order chi connectivity index (χ0) is 17.2. The van der Waals surface area contributed by atoms with Crippen molar-refractivity contribution in [1.82, 2.24) is 9.88 Å². The molecule has 24 heavy (non-hydrogen) atoms. The number of piperidine rings is 1. The average molecular weight is 328 g/mol. The van der Waals surface area contributed by atoms with Gasteiger partial charge in [-0.3, -0.25) is 4.79 Å². The summed E-state index contributed by atoms with van der Waals surface area (Å²) in [6.45, 7) is 5.29. The Balaban J connectivity index is 1.86. The number of aromatic nitrogens is 1. The minimum atomic E-state index is -0.295. The Morgan fingerprint density at radius 2 is 2.25 bits per heavy atom. The standard InChI is InChI=1S/C18H24N4O2/c1-3-9-21-10-4-6-18(17(21)23)7-11-22(13-18)15-5-8-20-16(24-2)14(15)12-19/h5,8H,3-4,6-7,9-11,13H2,1-2H3. The molecular formula is C18H24N4O2. The summed E-state index contributed by atoms with van der Waals surface area (Å²) in [4.78, 5) is 21.3. The van der Waals surface area contributed by atoms with Crippen LogP contribution >= 0.6 is 0 Å². The molecule has 2 aliphatic rings. The molecule has 2 fully saturated rings. The van der Waals surface area contributed by atoms with Gasteiger partial charge in [-0.25, -0.2) is 4.98 Å². The van der Waals surface area contributed by atoms with Gasteiger partial charge in [-0.2, -0.15) is 5.26 Å². The fourth-order valence-electron chi connectivity index (χ4n) is 4.05. The number of anilines is 1. The predicted octanol–water partition coefficient (Wildman–Crippen LogP) is 2.19. The van der Waals surface area contributed by atoms with E-state index in [2.05, 4.69) is 22.9 Å². The van der Waals surface area contributed by atoms with E-state index in [1.807, 2.05) is 11.0 Å². The van der Waals surface area contributed by atoms with Crippen molar-refractivity contribution >= 4 is 11.6 Å². The first-order valence-electron chi connectivity index (χ1n) is 8.62. The lowest BCUT2D eigenvalue weighted by Gasteiger charge is -2.39. The number of nitrogens with zero attached hydrogens (tertiary/aromatic N) is 4. The number of hydrogen-bond acceptors (Lipinski definition) is 5. The molecule has 1 amide bonds. The van der Waals surface area contributed by atoms with Crippen molar-refractivity contribution in [2.24, 2.45) is 5.41 Å². The molecule has 1 atom stereocenters. The van der Waals surface area contributed by atoms with Crippen molar-refractivity contribution in [2.75, 3.05) is 38.2 Å². The first-order valence-corrected chi connectivity index (χ1v) is 8.62. The fourth-order valence-corrected chi connectivity index (χ4v) is 4.05. The Hall–Kier alpha value is -2.29. The lowest BCUT2D eigenvalue weighted by molar-refractivity contribution is -0.145. The molecule has 2 saturated heterocycles. The summed E-state index contributed by atoms with van der Waals surface area (Å²) in [5.41, 5.74) is 0.976. The second kappa shape index (κ2) is 6.68. The topological polar surface area (TPSA) is 69.5 Å². The van der Waals surface area contributed by atoms with Gasteiger partial charge in [-0.05, 0) is 31.7 Å². The first kappa shape index (κ1) is 16.6. The number of hydrogen-bond donors (Lipinski definition) is 0.